The molecule has 2 aromatic heterocycles. The third-order valence-corrected chi connectivity index (χ3v) is 6.26. The molecule has 0 radical (unpaired) electrons. The van der Waals surface area contributed by atoms with Crippen LogP contribution in [0.4, 0.5) is 0 Å². The van der Waals surface area contributed by atoms with Gasteiger partial charge in [-0.05, 0) is 17.5 Å². The lowest BCUT2D eigenvalue weighted by molar-refractivity contribution is 1.22. The van der Waals surface area contributed by atoms with Gasteiger partial charge in [-0.1, -0.05) is 64.6 Å². The Morgan fingerprint density at radius 1 is 0.840 bits per heavy atom. The van der Waals surface area contributed by atoms with Gasteiger partial charge >= 0.3 is 0 Å². The normalized spacial score (nSPS) is 12.2. The van der Waals surface area contributed by atoms with E-state index in [2.05, 4.69) is 0 Å². The molecule has 122 valence electrons. The van der Waals surface area contributed by atoms with Crippen molar-refractivity contribution in [3.63, 3.8) is 0 Å². The van der Waals surface area contributed by atoms with Crippen molar-refractivity contribution in [2.24, 2.45) is 0 Å². The highest BCUT2D eigenvalue weighted by molar-refractivity contribution is 6.56. The molecule has 2 heterocycles. The van der Waals surface area contributed by atoms with Crippen molar-refractivity contribution < 1.29 is 0 Å². The first-order valence-corrected chi connectivity index (χ1v) is 8.82. The zero-order valence-electron chi connectivity index (χ0n) is 12.3. The van der Waals surface area contributed by atoms with E-state index in [9.17, 15) is 4.79 Å². The van der Waals surface area contributed by atoms with Crippen LogP contribution < -0.4 is 5.43 Å². The van der Waals surface area contributed by atoms with Gasteiger partial charge in [0.15, 0.2) is 0 Å². The van der Waals surface area contributed by atoms with Crippen molar-refractivity contribution in [2.45, 2.75) is 0 Å². The summed E-state index contributed by atoms with van der Waals surface area (Å²) in [5.41, 5.74) is 1.63. The van der Waals surface area contributed by atoms with Crippen molar-refractivity contribution in [3.8, 4) is 0 Å². The zero-order chi connectivity index (χ0) is 17.5. The van der Waals surface area contributed by atoms with Gasteiger partial charge in [-0.25, -0.2) is 4.98 Å². The molecule has 0 bridgehead atoms. The molecule has 0 aliphatic rings. The molecule has 5 aromatic rings. The molecule has 0 amide bonds. The van der Waals surface area contributed by atoms with E-state index in [0.717, 1.165) is 10.8 Å². The Balaban J connectivity index is 2.21. The number of fused-ring (bicyclic) bond motifs is 4. The first-order chi connectivity index (χ1) is 12.0. The van der Waals surface area contributed by atoms with Crippen molar-refractivity contribution in [2.75, 3.05) is 0 Å². The molecule has 5 rings (SSSR count). The summed E-state index contributed by atoms with van der Waals surface area (Å²) in [7, 11) is 0. The van der Waals surface area contributed by atoms with E-state index in [-0.39, 0.29) is 25.5 Å². The Labute approximate surface area is 160 Å². The molecule has 0 aliphatic heterocycles. The molecule has 0 unspecified atom stereocenters. The number of nitrogens with zero attached hydrogens (tertiary/aromatic N) is 2. The largest absolute Gasteiger partial charge is 0.296 e. The quantitative estimate of drug-likeness (QED) is 0.226. The smallest absolute Gasteiger partial charge is 0.203 e. The molecule has 3 aromatic carbocycles. The second-order valence-corrected chi connectivity index (χ2v) is 7.28. The standard InChI is InChI=1S/C18H6Cl4N2O/c19-13-8-6-24-17-10(25)5-4-7-2-1-3-9(11(7)17)23-18(24)12(8)14(20)16(22)15(13)21/h1-6H. The summed E-state index contributed by atoms with van der Waals surface area (Å²) in [6.07, 6.45) is 1.73. The highest BCUT2D eigenvalue weighted by Gasteiger charge is 2.21. The predicted octanol–water partition coefficient (Wildman–Crippen LogP) is 6.21. The maximum absolute atomic E-state index is 12.6. The molecule has 0 atom stereocenters. The van der Waals surface area contributed by atoms with Crippen LogP contribution in [-0.2, 0) is 0 Å². The van der Waals surface area contributed by atoms with Crippen LogP contribution in [0.15, 0.2) is 41.3 Å². The van der Waals surface area contributed by atoms with Gasteiger partial charge in [-0.15, -0.1) is 0 Å². The number of hydrogen-bond acceptors (Lipinski definition) is 2. The third-order valence-electron chi connectivity index (χ3n) is 4.44. The molecule has 0 spiro atoms. The van der Waals surface area contributed by atoms with Crippen LogP contribution in [0.25, 0.3) is 38.2 Å². The van der Waals surface area contributed by atoms with E-state index in [4.69, 9.17) is 51.4 Å². The first kappa shape index (κ1) is 15.5. The Hall–Kier alpha value is -1.78. The maximum atomic E-state index is 12.6. The van der Waals surface area contributed by atoms with E-state index in [1.54, 1.807) is 22.7 Å². The fraction of sp³-hybridized carbons (Fsp3) is 0. The van der Waals surface area contributed by atoms with Gasteiger partial charge in [0.25, 0.3) is 0 Å². The van der Waals surface area contributed by atoms with Gasteiger partial charge < -0.3 is 0 Å². The van der Waals surface area contributed by atoms with Crippen molar-refractivity contribution in [1.29, 1.82) is 0 Å². The van der Waals surface area contributed by atoms with Crippen molar-refractivity contribution in [1.82, 2.24) is 9.38 Å². The second kappa shape index (κ2) is 5.12. The molecular formula is C18H6Cl4N2O. The Bertz CT molecular complexity index is 1410. The number of halogens is 4. The van der Waals surface area contributed by atoms with Gasteiger partial charge in [0, 0.05) is 22.4 Å². The van der Waals surface area contributed by atoms with Crippen LogP contribution in [0, 0.1) is 0 Å². The van der Waals surface area contributed by atoms with Crippen LogP contribution >= 0.6 is 46.4 Å². The Morgan fingerprint density at radius 2 is 1.60 bits per heavy atom. The third kappa shape index (κ3) is 1.90. The summed E-state index contributed by atoms with van der Waals surface area (Å²) in [5.74, 6) is 0. The highest BCUT2D eigenvalue weighted by Crippen LogP contribution is 2.45. The molecular weight excluding hydrogens is 402 g/mol. The summed E-state index contributed by atoms with van der Waals surface area (Å²) in [4.78, 5) is 17.3. The van der Waals surface area contributed by atoms with Crippen LogP contribution in [-0.4, -0.2) is 9.38 Å². The number of aromatic nitrogens is 2. The average Bonchev–Trinajstić information content (AvgIpc) is 2.99. The summed E-state index contributed by atoms with van der Waals surface area (Å²) >= 11 is 25.2. The minimum absolute atomic E-state index is 0.110. The summed E-state index contributed by atoms with van der Waals surface area (Å²) < 4.78 is 1.72. The molecule has 0 saturated heterocycles. The second-order valence-electron chi connectivity index (χ2n) is 5.77. The fourth-order valence-electron chi connectivity index (χ4n) is 3.35. The molecule has 7 heteroatoms. The summed E-state index contributed by atoms with van der Waals surface area (Å²) in [6, 6.07) is 9.04. The van der Waals surface area contributed by atoms with Crippen LogP contribution in [0.1, 0.15) is 0 Å². The molecule has 0 fully saturated rings. The Morgan fingerprint density at radius 3 is 2.40 bits per heavy atom. The van der Waals surface area contributed by atoms with E-state index >= 15 is 0 Å². The van der Waals surface area contributed by atoms with Gasteiger partial charge in [0.1, 0.15) is 11.2 Å². The first-order valence-electron chi connectivity index (χ1n) is 7.31. The predicted molar refractivity (Wildman–Crippen MR) is 105 cm³/mol. The maximum Gasteiger partial charge on any atom is 0.203 e. The van der Waals surface area contributed by atoms with E-state index in [1.807, 2.05) is 18.2 Å². The summed E-state index contributed by atoms with van der Waals surface area (Å²) in [6.45, 7) is 0. The minimum atomic E-state index is -0.110. The minimum Gasteiger partial charge on any atom is -0.296 e. The molecule has 0 saturated carbocycles. The lowest BCUT2D eigenvalue weighted by Gasteiger charge is -2.07. The van der Waals surface area contributed by atoms with E-state index in [1.165, 1.54) is 0 Å². The van der Waals surface area contributed by atoms with Gasteiger partial charge in [-0.2, -0.15) is 0 Å². The average molecular weight is 408 g/mol. The lowest BCUT2D eigenvalue weighted by Crippen LogP contribution is -2.06. The molecule has 0 aliphatic carbocycles. The molecule has 25 heavy (non-hydrogen) atoms. The van der Waals surface area contributed by atoms with Gasteiger partial charge in [0.2, 0.25) is 5.43 Å². The van der Waals surface area contributed by atoms with Crippen LogP contribution in [0.5, 0.6) is 0 Å². The van der Waals surface area contributed by atoms with E-state index in [0.29, 0.717) is 27.5 Å². The summed E-state index contributed by atoms with van der Waals surface area (Å²) in [5, 5.41) is 3.82. The number of benzene rings is 3. The van der Waals surface area contributed by atoms with Crippen LogP contribution in [0.2, 0.25) is 20.1 Å². The highest BCUT2D eigenvalue weighted by atomic mass is 35.5. The molecule has 0 N–H and O–H groups in total. The number of rotatable bonds is 0. The number of hydrogen-bond donors (Lipinski definition) is 0. The van der Waals surface area contributed by atoms with Gasteiger partial charge in [-0.3, -0.25) is 9.20 Å². The lowest BCUT2D eigenvalue weighted by atomic mass is 10.1. The molecule has 3 nitrogen and oxygen atoms in total. The van der Waals surface area contributed by atoms with Crippen molar-refractivity contribution >= 4 is 84.6 Å². The fourth-order valence-corrected chi connectivity index (χ4v) is 4.35. The topological polar surface area (TPSA) is 34.4 Å². The van der Waals surface area contributed by atoms with Crippen molar-refractivity contribution in [3.05, 3.63) is 66.8 Å². The van der Waals surface area contributed by atoms with E-state index < -0.39 is 0 Å². The zero-order valence-corrected chi connectivity index (χ0v) is 15.3. The van der Waals surface area contributed by atoms with Crippen LogP contribution in [0.3, 0.4) is 0 Å². The monoisotopic (exact) mass is 406 g/mol. The van der Waals surface area contributed by atoms with Gasteiger partial charge in [0.05, 0.1) is 25.6 Å². The SMILES string of the molecule is O=c1ccc2cccc3nc4c5c(Cl)c(Cl)c(Cl)c(Cl)c5cn4c1c23. The Kier molecular flexibility index (Phi) is 3.17.